The summed E-state index contributed by atoms with van der Waals surface area (Å²) in [5, 5.41) is 21.6. The molecule has 0 unspecified atom stereocenters. The first kappa shape index (κ1) is 16.5. The molecule has 0 aliphatic carbocycles. The van der Waals surface area contributed by atoms with E-state index in [4.69, 9.17) is 4.74 Å². The molecule has 0 amide bonds. The van der Waals surface area contributed by atoms with Gasteiger partial charge in [-0.15, -0.1) is 5.10 Å². The standard InChI is InChI=1S/C21H15N5O/c1-27-20-13-7-5-10-17(20)16-9-3-4-11-18(16)21-23-24-25-26(21)19-12-6-2-8-15(19)14-22/h2-13H,1H3. The number of para-hydroxylation sites is 2. The van der Waals surface area contributed by atoms with E-state index in [0.717, 1.165) is 22.4 Å². The minimum absolute atomic E-state index is 0.501. The lowest BCUT2D eigenvalue weighted by atomic mass is 9.98. The molecule has 6 nitrogen and oxygen atoms in total. The van der Waals surface area contributed by atoms with E-state index in [0.29, 0.717) is 17.1 Å². The van der Waals surface area contributed by atoms with Crippen molar-refractivity contribution in [3.8, 4) is 40.0 Å². The van der Waals surface area contributed by atoms with Crippen molar-refractivity contribution in [1.82, 2.24) is 20.2 Å². The SMILES string of the molecule is COc1ccccc1-c1ccccc1-c1nnnn1-c1ccccc1C#N. The van der Waals surface area contributed by atoms with Gasteiger partial charge in [0, 0.05) is 11.1 Å². The predicted octanol–water partition coefficient (Wildman–Crippen LogP) is 3.88. The van der Waals surface area contributed by atoms with Gasteiger partial charge in [0.15, 0.2) is 5.82 Å². The summed E-state index contributed by atoms with van der Waals surface area (Å²) in [7, 11) is 1.65. The summed E-state index contributed by atoms with van der Waals surface area (Å²) in [6, 6.07) is 25.1. The molecule has 130 valence electrons. The minimum Gasteiger partial charge on any atom is -0.496 e. The zero-order chi connectivity index (χ0) is 18.6. The molecule has 4 rings (SSSR count). The minimum atomic E-state index is 0.501. The van der Waals surface area contributed by atoms with Gasteiger partial charge in [0.05, 0.1) is 18.4 Å². The molecule has 0 bridgehead atoms. The summed E-state index contributed by atoms with van der Waals surface area (Å²) < 4.78 is 7.11. The molecule has 0 saturated carbocycles. The third-order valence-corrected chi connectivity index (χ3v) is 4.29. The van der Waals surface area contributed by atoms with Crippen molar-refractivity contribution in [2.24, 2.45) is 0 Å². The van der Waals surface area contributed by atoms with Gasteiger partial charge in [0.25, 0.3) is 0 Å². The van der Waals surface area contributed by atoms with Crippen LogP contribution in [0.1, 0.15) is 5.56 Å². The molecule has 6 heteroatoms. The van der Waals surface area contributed by atoms with Crippen LogP contribution in [0, 0.1) is 11.3 Å². The lowest BCUT2D eigenvalue weighted by molar-refractivity contribution is 0.416. The number of benzene rings is 3. The van der Waals surface area contributed by atoms with Crippen molar-refractivity contribution in [3.05, 3.63) is 78.4 Å². The van der Waals surface area contributed by atoms with Crippen molar-refractivity contribution in [2.75, 3.05) is 7.11 Å². The molecule has 0 fully saturated rings. The van der Waals surface area contributed by atoms with Crippen molar-refractivity contribution in [2.45, 2.75) is 0 Å². The second-order valence-corrected chi connectivity index (χ2v) is 5.79. The van der Waals surface area contributed by atoms with Gasteiger partial charge in [-0.05, 0) is 34.2 Å². The number of hydrogen-bond acceptors (Lipinski definition) is 5. The van der Waals surface area contributed by atoms with Crippen LogP contribution in [0.15, 0.2) is 72.8 Å². The summed E-state index contributed by atoms with van der Waals surface area (Å²) in [6.45, 7) is 0. The van der Waals surface area contributed by atoms with Gasteiger partial charge in [0.2, 0.25) is 0 Å². The molecule has 0 aliphatic heterocycles. The van der Waals surface area contributed by atoms with E-state index < -0.39 is 0 Å². The van der Waals surface area contributed by atoms with Crippen molar-refractivity contribution in [3.63, 3.8) is 0 Å². The molecule has 0 spiro atoms. The molecule has 0 atom stereocenters. The molecule has 27 heavy (non-hydrogen) atoms. The quantitative estimate of drug-likeness (QED) is 0.556. The molecule has 0 radical (unpaired) electrons. The number of nitrogens with zero attached hydrogens (tertiary/aromatic N) is 5. The highest BCUT2D eigenvalue weighted by molar-refractivity contribution is 5.84. The fourth-order valence-electron chi connectivity index (χ4n) is 3.05. The van der Waals surface area contributed by atoms with E-state index in [2.05, 4.69) is 21.6 Å². The molecular formula is C21H15N5O. The second-order valence-electron chi connectivity index (χ2n) is 5.79. The van der Waals surface area contributed by atoms with Crippen LogP contribution >= 0.6 is 0 Å². The second kappa shape index (κ2) is 7.10. The van der Waals surface area contributed by atoms with Gasteiger partial charge in [0.1, 0.15) is 11.8 Å². The number of methoxy groups -OCH3 is 1. The van der Waals surface area contributed by atoms with E-state index >= 15 is 0 Å². The number of rotatable bonds is 4. The van der Waals surface area contributed by atoms with Gasteiger partial charge in [-0.25, -0.2) is 0 Å². The predicted molar refractivity (Wildman–Crippen MR) is 101 cm³/mol. The summed E-state index contributed by atoms with van der Waals surface area (Å²) in [6.07, 6.45) is 0. The Morgan fingerprint density at radius 1 is 0.852 bits per heavy atom. The number of hydrogen-bond donors (Lipinski definition) is 0. The van der Waals surface area contributed by atoms with Crippen LogP contribution in [0.4, 0.5) is 0 Å². The van der Waals surface area contributed by atoms with Crippen molar-refractivity contribution in [1.29, 1.82) is 5.26 Å². The Bertz CT molecular complexity index is 1140. The zero-order valence-corrected chi connectivity index (χ0v) is 14.6. The first-order valence-electron chi connectivity index (χ1n) is 8.34. The van der Waals surface area contributed by atoms with Gasteiger partial charge >= 0.3 is 0 Å². The van der Waals surface area contributed by atoms with Crippen LogP contribution in [0.2, 0.25) is 0 Å². The van der Waals surface area contributed by atoms with Gasteiger partial charge in [-0.2, -0.15) is 9.94 Å². The normalized spacial score (nSPS) is 10.4. The van der Waals surface area contributed by atoms with Crippen LogP contribution in [0.25, 0.3) is 28.2 Å². The number of nitriles is 1. The summed E-state index contributed by atoms with van der Waals surface area (Å²) in [5.41, 5.74) is 3.87. The van der Waals surface area contributed by atoms with Gasteiger partial charge in [-0.3, -0.25) is 0 Å². The van der Waals surface area contributed by atoms with E-state index in [1.54, 1.807) is 17.9 Å². The summed E-state index contributed by atoms with van der Waals surface area (Å²) >= 11 is 0. The molecule has 3 aromatic carbocycles. The largest absolute Gasteiger partial charge is 0.496 e. The topological polar surface area (TPSA) is 76.6 Å². The molecule has 0 aliphatic rings. The fourth-order valence-corrected chi connectivity index (χ4v) is 3.05. The smallest absolute Gasteiger partial charge is 0.187 e. The van der Waals surface area contributed by atoms with Crippen LogP contribution in [0.3, 0.4) is 0 Å². The Hall–Kier alpha value is -3.98. The van der Waals surface area contributed by atoms with Crippen molar-refractivity contribution >= 4 is 0 Å². The lowest BCUT2D eigenvalue weighted by Crippen LogP contribution is -2.03. The highest BCUT2D eigenvalue weighted by Crippen LogP contribution is 2.36. The van der Waals surface area contributed by atoms with Crippen molar-refractivity contribution < 1.29 is 4.74 Å². The molecule has 4 aromatic rings. The molecule has 0 N–H and O–H groups in total. The average Bonchev–Trinajstić information content (AvgIpc) is 3.23. The van der Waals surface area contributed by atoms with Crippen LogP contribution in [-0.2, 0) is 0 Å². The van der Waals surface area contributed by atoms with E-state index in [1.165, 1.54) is 0 Å². The first-order chi connectivity index (χ1) is 13.3. The summed E-state index contributed by atoms with van der Waals surface area (Å²) in [4.78, 5) is 0. The van der Waals surface area contributed by atoms with Crippen LogP contribution in [-0.4, -0.2) is 27.3 Å². The van der Waals surface area contributed by atoms with Crippen LogP contribution in [0.5, 0.6) is 5.75 Å². The van der Waals surface area contributed by atoms with E-state index in [1.807, 2.05) is 66.7 Å². The van der Waals surface area contributed by atoms with Gasteiger partial charge in [-0.1, -0.05) is 54.6 Å². The Kier molecular flexibility index (Phi) is 4.33. The lowest BCUT2D eigenvalue weighted by Gasteiger charge is -2.13. The zero-order valence-electron chi connectivity index (χ0n) is 14.6. The number of tetrazole rings is 1. The average molecular weight is 353 g/mol. The molecule has 1 heterocycles. The maximum absolute atomic E-state index is 9.43. The third kappa shape index (κ3) is 2.92. The third-order valence-electron chi connectivity index (χ3n) is 4.29. The fraction of sp³-hybridized carbons (Fsp3) is 0.0476. The Morgan fingerprint density at radius 2 is 1.52 bits per heavy atom. The maximum atomic E-state index is 9.43. The monoisotopic (exact) mass is 353 g/mol. The first-order valence-corrected chi connectivity index (χ1v) is 8.34. The van der Waals surface area contributed by atoms with E-state index in [-0.39, 0.29) is 0 Å². The Balaban J connectivity index is 1.94. The van der Waals surface area contributed by atoms with E-state index in [9.17, 15) is 5.26 Å². The molecule has 0 saturated heterocycles. The van der Waals surface area contributed by atoms with Crippen LogP contribution < -0.4 is 4.74 Å². The Morgan fingerprint density at radius 3 is 2.30 bits per heavy atom. The molecular weight excluding hydrogens is 338 g/mol. The highest BCUT2D eigenvalue weighted by atomic mass is 16.5. The number of aromatic nitrogens is 4. The molecule has 1 aromatic heterocycles. The highest BCUT2D eigenvalue weighted by Gasteiger charge is 2.18. The number of ether oxygens (including phenoxy) is 1. The Labute approximate surface area is 156 Å². The van der Waals surface area contributed by atoms with Gasteiger partial charge < -0.3 is 4.74 Å². The summed E-state index contributed by atoms with van der Waals surface area (Å²) in [5.74, 6) is 1.32. The maximum Gasteiger partial charge on any atom is 0.187 e.